The van der Waals surface area contributed by atoms with Gasteiger partial charge < -0.3 is 5.73 Å². The van der Waals surface area contributed by atoms with Crippen LogP contribution in [0.2, 0.25) is 5.02 Å². The van der Waals surface area contributed by atoms with Gasteiger partial charge in [-0.05, 0) is 43.9 Å². The maximum absolute atomic E-state index is 13.1. The number of rotatable bonds is 3. The van der Waals surface area contributed by atoms with Gasteiger partial charge in [0.05, 0.1) is 9.92 Å². The van der Waals surface area contributed by atoms with Crippen LogP contribution in [-0.2, 0) is 10.0 Å². The van der Waals surface area contributed by atoms with Crippen LogP contribution < -0.4 is 5.73 Å². The number of hydrogen-bond donors (Lipinski definition) is 1. The van der Waals surface area contributed by atoms with Crippen LogP contribution in [0.3, 0.4) is 0 Å². The maximum atomic E-state index is 13.1. The van der Waals surface area contributed by atoms with Gasteiger partial charge in [0.2, 0.25) is 10.0 Å². The summed E-state index contributed by atoms with van der Waals surface area (Å²) in [5, 5.41) is -0.190. The molecule has 0 aliphatic heterocycles. The van der Waals surface area contributed by atoms with Crippen molar-refractivity contribution in [2.24, 2.45) is 5.73 Å². The fourth-order valence-corrected chi connectivity index (χ4v) is 4.15. The molecule has 1 aliphatic carbocycles. The molecule has 0 heterocycles. The van der Waals surface area contributed by atoms with Gasteiger partial charge in [-0.25, -0.2) is 12.8 Å². The van der Waals surface area contributed by atoms with Crippen LogP contribution in [0.15, 0.2) is 23.1 Å². The third-order valence-electron chi connectivity index (χ3n) is 3.82. The van der Waals surface area contributed by atoms with Crippen molar-refractivity contribution < 1.29 is 12.8 Å². The van der Waals surface area contributed by atoms with Gasteiger partial charge >= 0.3 is 0 Å². The lowest BCUT2D eigenvalue weighted by Crippen LogP contribution is -2.41. The molecule has 2 N–H and O–H groups in total. The van der Waals surface area contributed by atoms with Gasteiger partial charge in [-0.2, -0.15) is 4.31 Å². The molecule has 1 aromatic carbocycles. The first-order valence-corrected chi connectivity index (χ1v) is 8.33. The first-order chi connectivity index (χ1) is 9.32. The Kier molecular flexibility index (Phi) is 4.69. The topological polar surface area (TPSA) is 63.4 Å². The normalized spacial score (nSPS) is 24.1. The summed E-state index contributed by atoms with van der Waals surface area (Å²) in [4.78, 5) is 0.0151. The molecule has 0 radical (unpaired) electrons. The Bertz CT molecular complexity index is 586. The summed E-state index contributed by atoms with van der Waals surface area (Å²) < 4.78 is 39.5. The zero-order valence-electron chi connectivity index (χ0n) is 11.2. The summed E-state index contributed by atoms with van der Waals surface area (Å²) >= 11 is 5.65. The highest BCUT2D eigenvalue weighted by Gasteiger charge is 2.30. The van der Waals surface area contributed by atoms with Crippen LogP contribution >= 0.6 is 11.6 Å². The minimum absolute atomic E-state index is 0.0151. The summed E-state index contributed by atoms with van der Waals surface area (Å²) in [5.74, 6) is -0.628. The third-order valence-corrected chi connectivity index (χ3v) is 6.02. The van der Waals surface area contributed by atoms with E-state index in [0.29, 0.717) is 0 Å². The van der Waals surface area contributed by atoms with E-state index in [9.17, 15) is 12.8 Å². The summed E-state index contributed by atoms with van der Waals surface area (Å²) in [6.07, 6.45) is 3.11. The molecule has 0 spiro atoms. The molecule has 20 heavy (non-hydrogen) atoms. The lowest BCUT2D eigenvalue weighted by Gasteiger charge is -2.32. The average Bonchev–Trinajstić information content (AvgIpc) is 2.41. The first kappa shape index (κ1) is 15.7. The third kappa shape index (κ3) is 3.14. The molecular weight excluding hydrogens is 303 g/mol. The van der Waals surface area contributed by atoms with Gasteiger partial charge in [-0.1, -0.05) is 11.6 Å². The molecule has 7 heteroatoms. The van der Waals surface area contributed by atoms with Crippen molar-refractivity contribution in [2.75, 3.05) is 7.05 Å². The minimum atomic E-state index is -3.65. The fraction of sp³-hybridized carbons (Fsp3) is 0.538. The van der Waals surface area contributed by atoms with Crippen LogP contribution in [-0.4, -0.2) is 31.9 Å². The maximum Gasteiger partial charge on any atom is 0.243 e. The number of hydrogen-bond acceptors (Lipinski definition) is 3. The van der Waals surface area contributed by atoms with Crippen LogP contribution in [0.5, 0.6) is 0 Å². The second kappa shape index (κ2) is 5.97. The average molecular weight is 321 g/mol. The molecule has 112 valence electrons. The molecule has 2 rings (SSSR count). The molecule has 0 amide bonds. The highest BCUT2D eigenvalue weighted by atomic mass is 35.5. The SMILES string of the molecule is CN(C1CCC(N)CC1)S(=O)(=O)c1ccc(F)c(Cl)c1. The van der Waals surface area contributed by atoms with Crippen LogP contribution in [0.25, 0.3) is 0 Å². The lowest BCUT2D eigenvalue weighted by molar-refractivity contribution is 0.268. The summed E-state index contributed by atoms with van der Waals surface area (Å²) in [5.41, 5.74) is 5.83. The van der Waals surface area contributed by atoms with E-state index < -0.39 is 15.8 Å². The van der Waals surface area contributed by atoms with E-state index in [-0.39, 0.29) is 22.0 Å². The molecule has 0 atom stereocenters. The van der Waals surface area contributed by atoms with Crippen molar-refractivity contribution in [3.05, 3.63) is 29.0 Å². The zero-order chi connectivity index (χ0) is 14.9. The van der Waals surface area contributed by atoms with Crippen LogP contribution in [0.4, 0.5) is 4.39 Å². The predicted molar refractivity (Wildman–Crippen MR) is 76.6 cm³/mol. The Morgan fingerprint density at radius 2 is 1.90 bits per heavy atom. The van der Waals surface area contributed by atoms with E-state index in [4.69, 9.17) is 17.3 Å². The molecule has 1 fully saturated rings. The largest absolute Gasteiger partial charge is 0.328 e. The second-order valence-electron chi connectivity index (χ2n) is 5.17. The van der Waals surface area contributed by atoms with E-state index in [2.05, 4.69) is 0 Å². The van der Waals surface area contributed by atoms with Crippen LogP contribution in [0.1, 0.15) is 25.7 Å². The highest BCUT2D eigenvalue weighted by Crippen LogP contribution is 2.27. The Hall–Kier alpha value is -0.690. The predicted octanol–water partition coefficient (Wildman–Crippen LogP) is 2.37. The second-order valence-corrected chi connectivity index (χ2v) is 7.57. The van der Waals surface area contributed by atoms with Gasteiger partial charge in [-0.3, -0.25) is 0 Å². The zero-order valence-corrected chi connectivity index (χ0v) is 12.8. The van der Waals surface area contributed by atoms with E-state index in [0.717, 1.165) is 37.8 Å². The quantitative estimate of drug-likeness (QED) is 0.930. The number of nitrogens with zero attached hydrogens (tertiary/aromatic N) is 1. The fourth-order valence-electron chi connectivity index (χ4n) is 2.47. The molecule has 1 aliphatic rings. The van der Waals surface area contributed by atoms with Crippen molar-refractivity contribution in [3.8, 4) is 0 Å². The van der Waals surface area contributed by atoms with E-state index in [1.54, 1.807) is 7.05 Å². The molecule has 1 aromatic rings. The molecule has 4 nitrogen and oxygen atoms in total. The van der Waals surface area contributed by atoms with E-state index in [1.807, 2.05) is 0 Å². The number of sulfonamides is 1. The monoisotopic (exact) mass is 320 g/mol. The van der Waals surface area contributed by atoms with Gasteiger partial charge in [0, 0.05) is 19.1 Å². The standard InChI is InChI=1S/C13H18ClFN2O2S/c1-17(10-4-2-9(16)3-5-10)20(18,19)11-6-7-13(15)12(14)8-11/h6-10H,2-5,16H2,1H3. The summed E-state index contributed by atoms with van der Waals surface area (Å²) in [7, 11) is -2.10. The van der Waals surface area contributed by atoms with Crippen molar-refractivity contribution in [1.29, 1.82) is 0 Å². The number of halogens is 2. The van der Waals surface area contributed by atoms with Crippen molar-refractivity contribution in [3.63, 3.8) is 0 Å². The van der Waals surface area contributed by atoms with Crippen molar-refractivity contribution in [1.82, 2.24) is 4.31 Å². The Balaban J connectivity index is 2.23. The van der Waals surface area contributed by atoms with E-state index >= 15 is 0 Å². The molecule has 1 saturated carbocycles. The molecular formula is C13H18ClFN2O2S. The van der Waals surface area contributed by atoms with Crippen molar-refractivity contribution >= 4 is 21.6 Å². The van der Waals surface area contributed by atoms with Gasteiger partial charge in [0.15, 0.2) is 0 Å². The molecule has 0 saturated heterocycles. The molecule has 0 unspecified atom stereocenters. The highest BCUT2D eigenvalue weighted by molar-refractivity contribution is 7.89. The Labute approximate surface area is 123 Å². The van der Waals surface area contributed by atoms with Gasteiger partial charge in [0.25, 0.3) is 0 Å². The smallest absolute Gasteiger partial charge is 0.243 e. The Morgan fingerprint density at radius 1 is 1.30 bits per heavy atom. The van der Waals surface area contributed by atoms with Crippen LogP contribution in [0, 0.1) is 5.82 Å². The first-order valence-electron chi connectivity index (χ1n) is 6.51. The van der Waals surface area contributed by atoms with E-state index in [1.165, 1.54) is 10.4 Å². The summed E-state index contributed by atoms with van der Waals surface area (Å²) in [6, 6.07) is 3.55. The van der Waals surface area contributed by atoms with Gasteiger partial charge in [-0.15, -0.1) is 0 Å². The summed E-state index contributed by atoms with van der Waals surface area (Å²) in [6.45, 7) is 0. The molecule has 0 bridgehead atoms. The number of nitrogens with two attached hydrogens (primary N) is 1. The minimum Gasteiger partial charge on any atom is -0.328 e. The van der Waals surface area contributed by atoms with Gasteiger partial charge in [0.1, 0.15) is 5.82 Å². The number of benzene rings is 1. The molecule has 0 aromatic heterocycles. The van der Waals surface area contributed by atoms with Crippen molar-refractivity contribution in [2.45, 2.75) is 42.7 Å². The lowest BCUT2D eigenvalue weighted by atomic mass is 9.92. The Morgan fingerprint density at radius 3 is 2.45 bits per heavy atom.